The molecule has 2 fully saturated rings. The maximum absolute atomic E-state index is 11.9. The number of hydrogen-bond donors (Lipinski definition) is 0. The summed E-state index contributed by atoms with van der Waals surface area (Å²) >= 11 is 7.54. The lowest BCUT2D eigenvalue weighted by Crippen LogP contribution is -2.37. The van der Waals surface area contributed by atoms with Gasteiger partial charge in [0.05, 0.1) is 17.5 Å². The molecule has 8 heteroatoms. The average molecular weight is 359 g/mol. The number of anilines is 1. The van der Waals surface area contributed by atoms with E-state index in [1.165, 1.54) is 18.7 Å². The molecule has 2 saturated heterocycles. The van der Waals surface area contributed by atoms with Gasteiger partial charge in [-0.2, -0.15) is 4.99 Å². The van der Waals surface area contributed by atoms with Gasteiger partial charge < -0.3 is 4.90 Å². The molecule has 0 aromatic heterocycles. The normalized spacial score (nSPS) is 28.1. The molecular weight excluding hydrogens is 344 g/mol. The van der Waals surface area contributed by atoms with Crippen LogP contribution in [-0.2, 0) is 14.6 Å². The van der Waals surface area contributed by atoms with Crippen molar-refractivity contribution < 1.29 is 13.2 Å². The third kappa shape index (κ3) is 2.89. The quantitative estimate of drug-likeness (QED) is 0.770. The Hall–Kier alpha value is -1.05. The van der Waals surface area contributed by atoms with E-state index in [1.54, 1.807) is 6.07 Å². The van der Waals surface area contributed by atoms with E-state index in [2.05, 4.69) is 4.99 Å². The average Bonchev–Trinajstić information content (AvgIpc) is 2.83. The number of aliphatic imine (C=N–C) groups is 1. The van der Waals surface area contributed by atoms with Gasteiger partial charge in [0.1, 0.15) is 0 Å². The van der Waals surface area contributed by atoms with Crippen molar-refractivity contribution in [2.75, 3.05) is 16.4 Å². The molecule has 0 N–H and O–H groups in total. The lowest BCUT2D eigenvalue weighted by atomic mass is 10.1. The number of nitrogens with zero attached hydrogens (tertiary/aromatic N) is 2. The van der Waals surface area contributed by atoms with E-state index in [1.807, 2.05) is 24.0 Å². The number of amides is 1. The summed E-state index contributed by atoms with van der Waals surface area (Å²) in [6.45, 7) is 3.29. The Bertz CT molecular complexity index is 776. The number of rotatable bonds is 1. The lowest BCUT2D eigenvalue weighted by Gasteiger charge is -2.24. The molecule has 0 bridgehead atoms. The van der Waals surface area contributed by atoms with Crippen LogP contribution in [0.25, 0.3) is 0 Å². The molecule has 3 rings (SSSR count). The van der Waals surface area contributed by atoms with Gasteiger partial charge in [0.2, 0.25) is 5.91 Å². The second-order valence-electron chi connectivity index (χ2n) is 5.52. The number of sulfone groups is 1. The van der Waals surface area contributed by atoms with Crippen LogP contribution in [0.4, 0.5) is 5.69 Å². The molecule has 22 heavy (non-hydrogen) atoms. The molecular formula is C14H15ClN2O3S2. The van der Waals surface area contributed by atoms with Crippen molar-refractivity contribution in [1.82, 2.24) is 0 Å². The van der Waals surface area contributed by atoms with Crippen molar-refractivity contribution in [3.63, 3.8) is 0 Å². The zero-order chi connectivity index (χ0) is 16.1. The van der Waals surface area contributed by atoms with Gasteiger partial charge >= 0.3 is 0 Å². The molecule has 5 nitrogen and oxygen atoms in total. The summed E-state index contributed by atoms with van der Waals surface area (Å²) in [5.74, 6) is -0.101. The first-order valence-electron chi connectivity index (χ1n) is 6.78. The van der Waals surface area contributed by atoms with Crippen LogP contribution in [0, 0.1) is 6.92 Å². The number of fused-ring (bicyclic) bond motifs is 1. The highest BCUT2D eigenvalue weighted by molar-refractivity contribution is 8.16. The lowest BCUT2D eigenvalue weighted by molar-refractivity contribution is -0.115. The van der Waals surface area contributed by atoms with Crippen LogP contribution in [0.3, 0.4) is 0 Å². The van der Waals surface area contributed by atoms with Crippen LogP contribution in [0.5, 0.6) is 0 Å². The van der Waals surface area contributed by atoms with Gasteiger partial charge in [-0.1, -0.05) is 29.4 Å². The number of amidine groups is 1. The number of benzene rings is 1. The third-order valence-corrected chi connectivity index (χ3v) is 7.37. The Kier molecular flexibility index (Phi) is 3.99. The van der Waals surface area contributed by atoms with Crippen molar-refractivity contribution >= 4 is 50.0 Å². The molecule has 0 aliphatic carbocycles. The first-order chi connectivity index (χ1) is 10.3. The highest BCUT2D eigenvalue weighted by atomic mass is 35.5. The van der Waals surface area contributed by atoms with E-state index in [9.17, 15) is 13.2 Å². The summed E-state index contributed by atoms with van der Waals surface area (Å²) in [6, 6.07) is 5.35. The van der Waals surface area contributed by atoms with Crippen molar-refractivity contribution in [2.45, 2.75) is 25.1 Å². The number of hydrogen-bond acceptors (Lipinski definition) is 4. The number of carbonyl (C=O) groups excluding carboxylic acids is 1. The Labute approximate surface area is 138 Å². The second-order valence-corrected chi connectivity index (χ2v) is 9.28. The first-order valence-corrected chi connectivity index (χ1v) is 9.86. The third-order valence-electron chi connectivity index (χ3n) is 3.75. The fourth-order valence-electron chi connectivity index (χ4n) is 2.73. The zero-order valence-corrected chi connectivity index (χ0v) is 14.5. The predicted molar refractivity (Wildman–Crippen MR) is 90.6 cm³/mol. The molecule has 2 aliphatic heterocycles. The molecule has 1 aromatic carbocycles. The second kappa shape index (κ2) is 5.54. The van der Waals surface area contributed by atoms with Gasteiger partial charge in [0.15, 0.2) is 15.0 Å². The van der Waals surface area contributed by atoms with Gasteiger partial charge in [-0.25, -0.2) is 8.42 Å². The van der Waals surface area contributed by atoms with Crippen molar-refractivity contribution in [3.8, 4) is 0 Å². The number of carbonyl (C=O) groups is 1. The highest BCUT2D eigenvalue weighted by Crippen LogP contribution is 2.41. The van der Waals surface area contributed by atoms with Crippen LogP contribution in [0.15, 0.2) is 23.2 Å². The highest BCUT2D eigenvalue weighted by Gasteiger charge is 2.49. The summed E-state index contributed by atoms with van der Waals surface area (Å²) in [6.07, 6.45) is 0. The molecule has 0 saturated carbocycles. The van der Waals surface area contributed by atoms with Gasteiger partial charge in [-0.3, -0.25) is 4.79 Å². The minimum Gasteiger partial charge on any atom is -0.316 e. The van der Waals surface area contributed by atoms with E-state index in [-0.39, 0.29) is 28.7 Å². The van der Waals surface area contributed by atoms with Gasteiger partial charge in [-0.05, 0) is 24.6 Å². The largest absolute Gasteiger partial charge is 0.316 e. The molecule has 1 aromatic rings. The van der Waals surface area contributed by atoms with Gasteiger partial charge in [0, 0.05) is 22.9 Å². The molecule has 118 valence electrons. The van der Waals surface area contributed by atoms with Gasteiger partial charge in [0.25, 0.3) is 0 Å². The fraction of sp³-hybridized carbons (Fsp3) is 0.429. The fourth-order valence-corrected chi connectivity index (χ4v) is 6.87. The Balaban J connectivity index is 2.06. The SMILES string of the molecule is CC(=O)N=C1S[C@H]2CS(=O)(=O)C[C@@H]2N1c1ccc(C)c(Cl)c1. The molecule has 0 spiro atoms. The summed E-state index contributed by atoms with van der Waals surface area (Å²) in [7, 11) is -3.05. The van der Waals surface area contributed by atoms with Crippen LogP contribution in [-0.4, -0.2) is 42.3 Å². The summed E-state index contributed by atoms with van der Waals surface area (Å²) in [5, 5.41) is 1.06. The molecule has 0 unspecified atom stereocenters. The standard InChI is InChI=1S/C14H15ClN2O3S2/c1-8-3-4-10(5-11(8)15)17-12-6-22(19,20)7-13(12)21-14(17)16-9(2)18/h3-5,12-13H,6-7H2,1-2H3/t12-,13-/m0/s1. The van der Waals surface area contributed by atoms with Crippen molar-refractivity contribution in [2.24, 2.45) is 4.99 Å². The van der Waals surface area contributed by atoms with Crippen LogP contribution >= 0.6 is 23.4 Å². The monoisotopic (exact) mass is 358 g/mol. The minimum absolute atomic E-state index is 0.0765. The Morgan fingerprint density at radius 1 is 1.41 bits per heavy atom. The molecule has 2 heterocycles. The number of halogens is 1. The summed E-state index contributed by atoms with van der Waals surface area (Å²) in [5.41, 5.74) is 1.71. The number of thioether (sulfide) groups is 1. The Morgan fingerprint density at radius 2 is 2.14 bits per heavy atom. The molecule has 1 amide bonds. The first kappa shape index (κ1) is 15.8. The topological polar surface area (TPSA) is 66.8 Å². The molecule has 2 aliphatic rings. The van der Waals surface area contributed by atoms with E-state index < -0.39 is 9.84 Å². The van der Waals surface area contributed by atoms with Crippen molar-refractivity contribution in [1.29, 1.82) is 0 Å². The predicted octanol–water partition coefficient (Wildman–Crippen LogP) is 2.27. The van der Waals surface area contributed by atoms with Crippen LogP contribution in [0.1, 0.15) is 12.5 Å². The maximum atomic E-state index is 11.9. The van der Waals surface area contributed by atoms with E-state index in [4.69, 9.17) is 11.6 Å². The van der Waals surface area contributed by atoms with E-state index >= 15 is 0 Å². The zero-order valence-electron chi connectivity index (χ0n) is 12.1. The maximum Gasteiger partial charge on any atom is 0.244 e. The smallest absolute Gasteiger partial charge is 0.244 e. The van der Waals surface area contributed by atoms with Gasteiger partial charge in [-0.15, -0.1) is 0 Å². The van der Waals surface area contributed by atoms with Crippen LogP contribution < -0.4 is 4.90 Å². The molecule has 0 radical (unpaired) electrons. The van der Waals surface area contributed by atoms with E-state index in [0.29, 0.717) is 10.2 Å². The number of aryl methyl sites for hydroxylation is 1. The summed E-state index contributed by atoms with van der Waals surface area (Å²) < 4.78 is 23.8. The molecule has 2 atom stereocenters. The van der Waals surface area contributed by atoms with Crippen molar-refractivity contribution in [3.05, 3.63) is 28.8 Å². The van der Waals surface area contributed by atoms with Crippen LogP contribution in [0.2, 0.25) is 5.02 Å². The minimum atomic E-state index is -3.05. The summed E-state index contributed by atoms with van der Waals surface area (Å²) in [4.78, 5) is 17.3. The Morgan fingerprint density at radius 3 is 2.77 bits per heavy atom. The van der Waals surface area contributed by atoms with E-state index in [0.717, 1.165) is 11.3 Å².